The summed E-state index contributed by atoms with van der Waals surface area (Å²) in [6.45, 7) is 0.847. The molecule has 4 nitrogen and oxygen atoms in total. The lowest BCUT2D eigenvalue weighted by Gasteiger charge is -1.99. The molecule has 13 heavy (non-hydrogen) atoms. The van der Waals surface area contributed by atoms with Crippen molar-refractivity contribution in [3.8, 4) is 0 Å². The third-order valence-electron chi connectivity index (χ3n) is 1.64. The molecule has 0 saturated carbocycles. The number of aromatic nitrogens is 3. The molecule has 1 aromatic heterocycles. The van der Waals surface area contributed by atoms with Gasteiger partial charge in [0.15, 0.2) is 5.16 Å². The minimum Gasteiger partial charge on any atom is -0.385 e. The summed E-state index contributed by atoms with van der Waals surface area (Å²) in [5, 5.41) is 4.98. The third kappa shape index (κ3) is 3.78. The van der Waals surface area contributed by atoms with Crippen molar-refractivity contribution in [1.29, 1.82) is 0 Å². The van der Waals surface area contributed by atoms with Gasteiger partial charge in [0.25, 0.3) is 0 Å². The fourth-order valence-corrected chi connectivity index (χ4v) is 1.81. The summed E-state index contributed by atoms with van der Waals surface area (Å²) in [6, 6.07) is 0. The molecule has 0 aromatic carbocycles. The number of ether oxygens (including phenoxy) is 1. The lowest BCUT2D eigenvalue weighted by atomic mass is 10.4. The number of nitrogens with zero attached hydrogens (tertiary/aromatic N) is 3. The summed E-state index contributed by atoms with van der Waals surface area (Å²) < 4.78 is 6.75. The van der Waals surface area contributed by atoms with Gasteiger partial charge in [0, 0.05) is 26.5 Å². The quantitative estimate of drug-likeness (QED) is 0.514. The molecule has 0 fully saturated rings. The Labute approximate surface area is 82.7 Å². The summed E-state index contributed by atoms with van der Waals surface area (Å²) in [5.74, 6) is 1.08. The standard InChI is InChI=1S/C8H15N3OS/c1-11-8(9-7-10-11)13-6-4-3-5-12-2/h7H,3-6H2,1-2H3. The average Bonchev–Trinajstić information content (AvgIpc) is 2.52. The lowest BCUT2D eigenvalue weighted by molar-refractivity contribution is 0.194. The number of aryl methyl sites for hydroxylation is 1. The van der Waals surface area contributed by atoms with Crippen molar-refractivity contribution in [2.75, 3.05) is 19.5 Å². The smallest absolute Gasteiger partial charge is 0.185 e. The molecule has 1 rings (SSSR count). The van der Waals surface area contributed by atoms with Crippen LogP contribution in [-0.2, 0) is 11.8 Å². The maximum absolute atomic E-state index is 4.96. The molecule has 0 N–H and O–H groups in total. The van der Waals surface area contributed by atoms with Crippen LogP contribution in [0.5, 0.6) is 0 Å². The van der Waals surface area contributed by atoms with Gasteiger partial charge in [-0.2, -0.15) is 5.10 Å². The van der Waals surface area contributed by atoms with Gasteiger partial charge in [0.05, 0.1) is 0 Å². The minimum atomic E-state index is 0.847. The van der Waals surface area contributed by atoms with Crippen molar-refractivity contribution < 1.29 is 4.74 Å². The molecule has 0 aliphatic carbocycles. The van der Waals surface area contributed by atoms with E-state index < -0.39 is 0 Å². The maximum atomic E-state index is 4.96. The molecule has 0 aliphatic heterocycles. The number of thioether (sulfide) groups is 1. The second-order valence-corrected chi connectivity index (χ2v) is 3.78. The van der Waals surface area contributed by atoms with Gasteiger partial charge in [-0.05, 0) is 12.8 Å². The Morgan fingerprint density at radius 3 is 3.00 bits per heavy atom. The van der Waals surface area contributed by atoms with E-state index >= 15 is 0 Å². The zero-order chi connectivity index (χ0) is 9.52. The van der Waals surface area contributed by atoms with Crippen LogP contribution in [0.3, 0.4) is 0 Å². The lowest BCUT2D eigenvalue weighted by Crippen LogP contribution is -1.94. The molecule has 0 radical (unpaired) electrons. The second-order valence-electron chi connectivity index (χ2n) is 2.71. The van der Waals surface area contributed by atoms with Gasteiger partial charge in [-0.25, -0.2) is 9.67 Å². The number of methoxy groups -OCH3 is 1. The van der Waals surface area contributed by atoms with E-state index in [2.05, 4.69) is 10.1 Å². The first-order chi connectivity index (χ1) is 6.34. The summed E-state index contributed by atoms with van der Waals surface area (Å²) in [4.78, 5) is 4.12. The van der Waals surface area contributed by atoms with E-state index in [-0.39, 0.29) is 0 Å². The molecule has 0 saturated heterocycles. The van der Waals surface area contributed by atoms with E-state index in [4.69, 9.17) is 4.74 Å². The molecule has 0 bridgehead atoms. The summed E-state index contributed by atoms with van der Waals surface area (Å²) in [7, 11) is 3.64. The van der Waals surface area contributed by atoms with Gasteiger partial charge in [-0.1, -0.05) is 11.8 Å². The van der Waals surface area contributed by atoms with Crippen molar-refractivity contribution in [2.45, 2.75) is 18.0 Å². The molecular formula is C8H15N3OS. The Balaban J connectivity index is 2.10. The summed E-state index contributed by atoms with van der Waals surface area (Å²) in [5.41, 5.74) is 0. The molecular weight excluding hydrogens is 186 g/mol. The zero-order valence-electron chi connectivity index (χ0n) is 8.06. The molecule has 74 valence electrons. The Kier molecular flexibility index (Phi) is 4.85. The predicted molar refractivity (Wildman–Crippen MR) is 52.8 cm³/mol. The van der Waals surface area contributed by atoms with Crippen molar-refractivity contribution in [3.05, 3.63) is 6.33 Å². The molecule has 0 amide bonds. The second kappa shape index (κ2) is 5.99. The van der Waals surface area contributed by atoms with Gasteiger partial charge in [-0.3, -0.25) is 0 Å². The van der Waals surface area contributed by atoms with Crippen molar-refractivity contribution in [3.63, 3.8) is 0 Å². The van der Waals surface area contributed by atoms with E-state index in [0.29, 0.717) is 0 Å². The van der Waals surface area contributed by atoms with E-state index in [0.717, 1.165) is 30.4 Å². The zero-order valence-corrected chi connectivity index (χ0v) is 8.88. The van der Waals surface area contributed by atoms with Crippen LogP contribution in [0.4, 0.5) is 0 Å². The summed E-state index contributed by atoms with van der Waals surface area (Å²) in [6.07, 6.45) is 3.85. The van der Waals surface area contributed by atoms with E-state index in [1.165, 1.54) is 0 Å². The van der Waals surface area contributed by atoms with Crippen LogP contribution in [0.25, 0.3) is 0 Å². The van der Waals surface area contributed by atoms with Crippen molar-refractivity contribution in [2.24, 2.45) is 7.05 Å². The number of hydrogen-bond donors (Lipinski definition) is 0. The van der Waals surface area contributed by atoms with Crippen LogP contribution >= 0.6 is 11.8 Å². The van der Waals surface area contributed by atoms with Crippen LogP contribution in [0.2, 0.25) is 0 Å². The highest BCUT2D eigenvalue weighted by Crippen LogP contribution is 2.14. The third-order valence-corrected chi connectivity index (χ3v) is 2.76. The van der Waals surface area contributed by atoms with Crippen molar-refractivity contribution >= 4 is 11.8 Å². The molecule has 0 spiro atoms. The number of unbranched alkanes of at least 4 members (excludes halogenated alkanes) is 1. The Morgan fingerprint density at radius 1 is 1.54 bits per heavy atom. The van der Waals surface area contributed by atoms with Gasteiger partial charge >= 0.3 is 0 Å². The minimum absolute atomic E-state index is 0.847. The largest absolute Gasteiger partial charge is 0.385 e. The number of rotatable bonds is 6. The van der Waals surface area contributed by atoms with Crippen LogP contribution in [-0.4, -0.2) is 34.2 Å². The first-order valence-corrected chi connectivity index (χ1v) is 5.29. The fraction of sp³-hybridized carbons (Fsp3) is 0.750. The highest BCUT2D eigenvalue weighted by Gasteiger charge is 1.99. The Bertz CT molecular complexity index is 239. The first-order valence-electron chi connectivity index (χ1n) is 4.30. The molecule has 5 heteroatoms. The van der Waals surface area contributed by atoms with Crippen molar-refractivity contribution in [1.82, 2.24) is 14.8 Å². The highest BCUT2D eigenvalue weighted by molar-refractivity contribution is 7.99. The monoisotopic (exact) mass is 201 g/mol. The van der Waals surface area contributed by atoms with E-state index in [1.807, 2.05) is 7.05 Å². The molecule has 1 aromatic rings. The molecule has 0 unspecified atom stereocenters. The SMILES string of the molecule is COCCCCSc1ncnn1C. The molecule has 0 atom stereocenters. The highest BCUT2D eigenvalue weighted by atomic mass is 32.2. The van der Waals surface area contributed by atoms with E-state index in [1.54, 1.807) is 29.9 Å². The average molecular weight is 201 g/mol. The number of hydrogen-bond acceptors (Lipinski definition) is 4. The normalized spacial score (nSPS) is 10.6. The molecule has 0 aliphatic rings. The Hall–Kier alpha value is -0.550. The van der Waals surface area contributed by atoms with Crippen LogP contribution in [0.15, 0.2) is 11.5 Å². The van der Waals surface area contributed by atoms with Crippen LogP contribution in [0.1, 0.15) is 12.8 Å². The topological polar surface area (TPSA) is 39.9 Å². The van der Waals surface area contributed by atoms with Gasteiger partial charge in [-0.15, -0.1) is 0 Å². The summed E-state index contributed by atoms with van der Waals surface area (Å²) >= 11 is 1.74. The first kappa shape index (κ1) is 10.5. The van der Waals surface area contributed by atoms with Gasteiger partial charge < -0.3 is 4.74 Å². The van der Waals surface area contributed by atoms with Crippen LogP contribution < -0.4 is 0 Å². The van der Waals surface area contributed by atoms with E-state index in [9.17, 15) is 0 Å². The molecule has 1 heterocycles. The Morgan fingerprint density at radius 2 is 2.38 bits per heavy atom. The van der Waals surface area contributed by atoms with Gasteiger partial charge in [0.2, 0.25) is 0 Å². The van der Waals surface area contributed by atoms with Gasteiger partial charge in [0.1, 0.15) is 6.33 Å². The maximum Gasteiger partial charge on any atom is 0.185 e. The predicted octanol–water partition coefficient (Wildman–Crippen LogP) is 1.33. The van der Waals surface area contributed by atoms with Crippen LogP contribution in [0, 0.1) is 0 Å². The fourth-order valence-electron chi connectivity index (χ4n) is 0.928.